The van der Waals surface area contributed by atoms with E-state index >= 15 is 0 Å². The first kappa shape index (κ1) is 7.88. The maximum absolute atomic E-state index is 10.2. The summed E-state index contributed by atoms with van der Waals surface area (Å²) in [5.41, 5.74) is 0. The summed E-state index contributed by atoms with van der Waals surface area (Å²) in [6.07, 6.45) is 3.25. The lowest BCUT2D eigenvalue weighted by Gasteiger charge is -1.80. The number of aliphatic carboxylic acids is 1. The molecule has 0 bridgehead atoms. The van der Waals surface area contributed by atoms with Gasteiger partial charge in [0.2, 0.25) is 0 Å². The highest BCUT2D eigenvalue weighted by Gasteiger charge is 2.03. The van der Waals surface area contributed by atoms with E-state index in [9.17, 15) is 9.59 Å². The fraction of sp³-hybridized carbons (Fsp3) is 0.333. The predicted molar refractivity (Wildman–Crippen MR) is 32.1 cm³/mol. The van der Waals surface area contributed by atoms with Gasteiger partial charge in [0.15, 0.2) is 0 Å². The molecule has 0 saturated carbocycles. The highest BCUT2D eigenvalue weighted by Crippen LogP contribution is 1.81. The quantitative estimate of drug-likeness (QED) is 0.447. The number of hydrogen-bond acceptors (Lipinski definition) is 2. The van der Waals surface area contributed by atoms with Gasteiger partial charge in [-0.1, -0.05) is 13.0 Å². The molecule has 3 nitrogen and oxygen atoms in total. The standard InChI is InChI=1S/C6H8O3/c1-2-3-4-5(7)6(8)9/h3-4H,2H2,1H3,(H,8,9)/b4-3-. The Kier molecular flexibility index (Phi) is 3.35. The third kappa shape index (κ3) is 3.46. The highest BCUT2D eigenvalue weighted by atomic mass is 16.4. The molecule has 0 rings (SSSR count). The monoisotopic (exact) mass is 128 g/mol. The second kappa shape index (κ2) is 3.83. The number of carbonyl (C=O) groups excluding carboxylic acids is 1. The van der Waals surface area contributed by atoms with Gasteiger partial charge >= 0.3 is 5.97 Å². The minimum absolute atomic E-state index is 0.680. The largest absolute Gasteiger partial charge is 0.475 e. The van der Waals surface area contributed by atoms with E-state index < -0.39 is 11.8 Å². The minimum Gasteiger partial charge on any atom is -0.475 e. The SMILES string of the molecule is CC/C=C\C(=O)C(=O)O. The molecule has 1 N–H and O–H groups in total. The predicted octanol–water partition coefficient (Wildman–Crippen LogP) is 0.606. The highest BCUT2D eigenvalue weighted by molar-refractivity contribution is 6.37. The number of hydrogen-bond donors (Lipinski definition) is 1. The number of rotatable bonds is 3. The van der Waals surface area contributed by atoms with Gasteiger partial charge in [-0.15, -0.1) is 0 Å². The van der Waals surface area contributed by atoms with Gasteiger partial charge in [-0.3, -0.25) is 4.79 Å². The lowest BCUT2D eigenvalue weighted by atomic mass is 10.3. The molecule has 0 saturated heterocycles. The van der Waals surface area contributed by atoms with Gasteiger partial charge in [-0.2, -0.15) is 0 Å². The van der Waals surface area contributed by atoms with Crippen molar-refractivity contribution >= 4 is 11.8 Å². The van der Waals surface area contributed by atoms with E-state index in [0.717, 1.165) is 6.08 Å². The van der Waals surface area contributed by atoms with E-state index in [0.29, 0.717) is 6.42 Å². The van der Waals surface area contributed by atoms with Gasteiger partial charge < -0.3 is 5.11 Å². The fourth-order valence-corrected chi connectivity index (χ4v) is 0.296. The maximum atomic E-state index is 10.2. The molecule has 0 aromatic carbocycles. The Labute approximate surface area is 53.0 Å². The van der Waals surface area contributed by atoms with Crippen LogP contribution in [0.15, 0.2) is 12.2 Å². The lowest BCUT2D eigenvalue weighted by Crippen LogP contribution is -2.08. The van der Waals surface area contributed by atoms with Crippen LogP contribution in [0.5, 0.6) is 0 Å². The van der Waals surface area contributed by atoms with Crippen LogP contribution in [0.1, 0.15) is 13.3 Å². The van der Waals surface area contributed by atoms with Crippen molar-refractivity contribution in [3.8, 4) is 0 Å². The van der Waals surface area contributed by atoms with Crippen LogP contribution < -0.4 is 0 Å². The Bertz CT molecular complexity index is 146. The number of carboxylic acids is 1. The summed E-state index contributed by atoms with van der Waals surface area (Å²) in [7, 11) is 0. The van der Waals surface area contributed by atoms with Crippen molar-refractivity contribution in [3.05, 3.63) is 12.2 Å². The van der Waals surface area contributed by atoms with Crippen LogP contribution in [0.4, 0.5) is 0 Å². The second-order valence-corrected chi connectivity index (χ2v) is 1.48. The topological polar surface area (TPSA) is 54.4 Å². The van der Waals surface area contributed by atoms with E-state index in [-0.39, 0.29) is 0 Å². The molecule has 3 heteroatoms. The molecule has 0 aromatic rings. The molecule has 0 aliphatic heterocycles. The molecule has 0 aliphatic rings. The van der Waals surface area contributed by atoms with Crippen LogP contribution in [0.3, 0.4) is 0 Å². The minimum atomic E-state index is -1.40. The first-order valence-corrected chi connectivity index (χ1v) is 2.62. The van der Waals surface area contributed by atoms with Gasteiger partial charge in [-0.25, -0.2) is 4.79 Å². The van der Waals surface area contributed by atoms with E-state index in [4.69, 9.17) is 5.11 Å². The Morgan fingerprint density at radius 2 is 2.11 bits per heavy atom. The molecule has 0 aliphatic carbocycles. The summed E-state index contributed by atoms with van der Waals surface area (Å²) in [5, 5.41) is 8.01. The smallest absolute Gasteiger partial charge is 0.376 e. The van der Waals surface area contributed by atoms with E-state index in [2.05, 4.69) is 0 Å². The fourth-order valence-electron chi connectivity index (χ4n) is 0.296. The molecule has 0 amide bonds. The summed E-state index contributed by atoms with van der Waals surface area (Å²) in [6.45, 7) is 1.83. The number of allylic oxidation sites excluding steroid dienone is 1. The molecule has 0 radical (unpaired) electrons. The number of carboxylic acid groups (broad SMARTS) is 1. The molecule has 0 atom stereocenters. The van der Waals surface area contributed by atoms with Crippen LogP contribution >= 0.6 is 0 Å². The zero-order valence-corrected chi connectivity index (χ0v) is 5.13. The number of carbonyl (C=O) groups is 2. The first-order chi connectivity index (χ1) is 4.18. The normalized spacial score (nSPS) is 9.89. The van der Waals surface area contributed by atoms with Crippen LogP contribution in [-0.2, 0) is 9.59 Å². The Hall–Kier alpha value is -1.12. The van der Waals surface area contributed by atoms with Crippen molar-refractivity contribution < 1.29 is 14.7 Å². The van der Waals surface area contributed by atoms with E-state index in [1.807, 2.05) is 6.92 Å². The third-order valence-corrected chi connectivity index (χ3v) is 0.716. The summed E-state index contributed by atoms with van der Waals surface area (Å²) < 4.78 is 0. The van der Waals surface area contributed by atoms with Gasteiger partial charge in [0.1, 0.15) is 0 Å². The van der Waals surface area contributed by atoms with E-state index in [1.54, 1.807) is 0 Å². The lowest BCUT2D eigenvalue weighted by molar-refractivity contribution is -0.146. The Morgan fingerprint density at radius 3 is 2.44 bits per heavy atom. The zero-order valence-electron chi connectivity index (χ0n) is 5.13. The van der Waals surface area contributed by atoms with Gasteiger partial charge in [-0.05, 0) is 12.5 Å². The Balaban J connectivity index is 3.77. The molecule has 50 valence electrons. The molecule has 0 aromatic heterocycles. The van der Waals surface area contributed by atoms with Crippen LogP contribution in [-0.4, -0.2) is 16.9 Å². The average Bonchev–Trinajstić information content (AvgIpc) is 1.82. The molecule has 0 heterocycles. The van der Waals surface area contributed by atoms with Gasteiger partial charge in [0.25, 0.3) is 5.78 Å². The average molecular weight is 128 g/mol. The second-order valence-electron chi connectivity index (χ2n) is 1.48. The van der Waals surface area contributed by atoms with Crippen molar-refractivity contribution in [2.24, 2.45) is 0 Å². The van der Waals surface area contributed by atoms with Crippen molar-refractivity contribution in [2.75, 3.05) is 0 Å². The molecule has 0 unspecified atom stereocenters. The third-order valence-electron chi connectivity index (χ3n) is 0.716. The van der Waals surface area contributed by atoms with Crippen molar-refractivity contribution in [1.82, 2.24) is 0 Å². The first-order valence-electron chi connectivity index (χ1n) is 2.62. The zero-order chi connectivity index (χ0) is 7.28. The number of ketones is 1. The summed E-state index contributed by atoms with van der Waals surface area (Å²) in [6, 6.07) is 0. The van der Waals surface area contributed by atoms with Crippen LogP contribution in [0, 0.1) is 0 Å². The summed E-state index contributed by atoms with van der Waals surface area (Å²) in [4.78, 5) is 20.0. The molecular formula is C6H8O3. The van der Waals surface area contributed by atoms with Crippen molar-refractivity contribution in [2.45, 2.75) is 13.3 Å². The Morgan fingerprint density at radius 1 is 1.56 bits per heavy atom. The summed E-state index contributed by atoms with van der Waals surface area (Å²) >= 11 is 0. The van der Waals surface area contributed by atoms with E-state index in [1.165, 1.54) is 6.08 Å². The maximum Gasteiger partial charge on any atom is 0.376 e. The van der Waals surface area contributed by atoms with Gasteiger partial charge in [0.05, 0.1) is 0 Å². The molecule has 0 spiro atoms. The van der Waals surface area contributed by atoms with Crippen molar-refractivity contribution in [3.63, 3.8) is 0 Å². The summed E-state index contributed by atoms with van der Waals surface area (Å²) in [5.74, 6) is -2.27. The van der Waals surface area contributed by atoms with Crippen molar-refractivity contribution in [1.29, 1.82) is 0 Å². The van der Waals surface area contributed by atoms with Crippen LogP contribution in [0.2, 0.25) is 0 Å². The molecule has 0 fully saturated rings. The van der Waals surface area contributed by atoms with Crippen LogP contribution in [0.25, 0.3) is 0 Å². The van der Waals surface area contributed by atoms with Gasteiger partial charge in [0, 0.05) is 0 Å². The molecule has 9 heavy (non-hydrogen) atoms. The molecular weight excluding hydrogens is 120 g/mol.